The molecule has 2 aliphatic heterocycles. The Bertz CT molecular complexity index is 1300. The minimum absolute atomic E-state index is 0.0369. The Morgan fingerprint density at radius 3 is 2.59 bits per heavy atom. The van der Waals surface area contributed by atoms with E-state index in [4.69, 9.17) is 15.2 Å². The van der Waals surface area contributed by atoms with Crippen LogP contribution in [0.2, 0.25) is 0 Å². The molecule has 0 saturated carbocycles. The van der Waals surface area contributed by atoms with Gasteiger partial charge < -0.3 is 25.8 Å². The van der Waals surface area contributed by atoms with Crippen LogP contribution in [0.1, 0.15) is 22.5 Å². The van der Waals surface area contributed by atoms with Crippen molar-refractivity contribution in [2.75, 3.05) is 38.2 Å². The molecule has 37 heavy (non-hydrogen) atoms. The van der Waals surface area contributed by atoms with Crippen molar-refractivity contribution in [1.29, 1.82) is 0 Å². The fourth-order valence-corrected chi connectivity index (χ4v) is 4.30. The Labute approximate surface area is 213 Å². The van der Waals surface area contributed by atoms with Gasteiger partial charge in [-0.3, -0.25) is 14.5 Å². The number of nitrogens with one attached hydrogen (secondary N) is 2. The largest absolute Gasteiger partial charge is 0.457 e. The lowest BCUT2D eigenvalue weighted by Crippen LogP contribution is -2.35. The van der Waals surface area contributed by atoms with Crippen LogP contribution in [0.25, 0.3) is 11.4 Å². The molecular weight excluding hydrogens is 479 g/mol. The number of amides is 2. The molecule has 2 amide bonds. The molecule has 1 atom stereocenters. The van der Waals surface area contributed by atoms with Crippen molar-refractivity contribution >= 4 is 17.6 Å². The molecule has 10 nitrogen and oxygen atoms in total. The zero-order valence-electron chi connectivity index (χ0n) is 20.1. The Balaban J connectivity index is 1.51. The maximum absolute atomic E-state index is 13.3. The maximum atomic E-state index is 13.3. The first-order chi connectivity index (χ1) is 17.9. The summed E-state index contributed by atoms with van der Waals surface area (Å²) in [5.41, 5.74) is 7.17. The number of aromatic nitrogens is 2. The van der Waals surface area contributed by atoms with E-state index in [-0.39, 0.29) is 17.4 Å². The van der Waals surface area contributed by atoms with E-state index in [2.05, 4.69) is 25.5 Å². The van der Waals surface area contributed by atoms with E-state index in [0.29, 0.717) is 61.4 Å². The molecule has 192 valence electrons. The lowest BCUT2D eigenvalue weighted by molar-refractivity contribution is -0.119. The molecule has 2 aliphatic rings. The summed E-state index contributed by atoms with van der Waals surface area (Å²) in [6.45, 7) is 3.91. The molecule has 0 radical (unpaired) electrons. The average Bonchev–Trinajstić information content (AvgIpc) is 3.30. The van der Waals surface area contributed by atoms with Crippen molar-refractivity contribution in [3.05, 3.63) is 65.6 Å². The van der Waals surface area contributed by atoms with Gasteiger partial charge in [-0.15, -0.1) is 0 Å². The molecule has 0 bridgehead atoms. The van der Waals surface area contributed by atoms with Crippen molar-refractivity contribution in [1.82, 2.24) is 20.2 Å². The Kier molecular flexibility index (Phi) is 7.24. The molecule has 3 aromatic rings. The topological polar surface area (TPSA) is 132 Å². The summed E-state index contributed by atoms with van der Waals surface area (Å²) in [6, 6.07) is 12.2. The molecule has 2 fully saturated rings. The number of rotatable bonds is 8. The number of anilines is 1. The lowest BCUT2D eigenvalue weighted by Gasteiger charge is -2.27. The van der Waals surface area contributed by atoms with Crippen LogP contribution in [0, 0.1) is 5.82 Å². The van der Waals surface area contributed by atoms with Crippen LogP contribution in [0.4, 0.5) is 10.2 Å². The molecule has 2 aromatic carbocycles. The molecule has 3 heterocycles. The van der Waals surface area contributed by atoms with Gasteiger partial charge in [-0.05, 0) is 54.4 Å². The standard InChI is InChI=1S/C26H27FN6O4/c27-17-1-3-18(4-2-17)37-19-5-6-20(16(13-19)15-33-9-11-36-12-10-33)25-31-22(24(28)34)14-23(32-25)30-21-7-8-29-26(21)35/h1-6,13-14,21H,7-12,15H2,(H2,28,34)(H,29,35)(H,30,31,32). The second-order valence-corrected chi connectivity index (χ2v) is 8.87. The predicted octanol–water partition coefficient (Wildman–Crippen LogP) is 2.31. The van der Waals surface area contributed by atoms with Crippen LogP contribution >= 0.6 is 0 Å². The number of carbonyl (C=O) groups is 2. The van der Waals surface area contributed by atoms with E-state index in [1.165, 1.54) is 18.2 Å². The number of carbonyl (C=O) groups excluding carboxylic acids is 2. The number of halogens is 1. The Morgan fingerprint density at radius 1 is 1.14 bits per heavy atom. The molecule has 5 rings (SSSR count). The summed E-state index contributed by atoms with van der Waals surface area (Å²) in [6.07, 6.45) is 0.599. The van der Waals surface area contributed by atoms with Gasteiger partial charge in [0, 0.05) is 37.8 Å². The van der Waals surface area contributed by atoms with Crippen molar-refractivity contribution < 1.29 is 23.5 Å². The first kappa shape index (κ1) is 24.6. The summed E-state index contributed by atoms with van der Waals surface area (Å²) < 4.78 is 24.8. The van der Waals surface area contributed by atoms with Crippen molar-refractivity contribution in [2.45, 2.75) is 19.0 Å². The number of hydrogen-bond acceptors (Lipinski definition) is 8. The van der Waals surface area contributed by atoms with Gasteiger partial charge in [0.05, 0.1) is 13.2 Å². The summed E-state index contributed by atoms with van der Waals surface area (Å²) >= 11 is 0. The molecule has 0 spiro atoms. The SMILES string of the molecule is NC(=O)c1cc(NC2CCNC2=O)nc(-c2ccc(Oc3ccc(F)cc3)cc2CN2CCOCC2)n1. The van der Waals surface area contributed by atoms with Gasteiger partial charge in [0.2, 0.25) is 5.91 Å². The van der Waals surface area contributed by atoms with Crippen LogP contribution < -0.4 is 21.1 Å². The van der Waals surface area contributed by atoms with E-state index in [9.17, 15) is 14.0 Å². The van der Waals surface area contributed by atoms with Crippen LogP contribution in [0.5, 0.6) is 11.5 Å². The summed E-state index contributed by atoms with van der Waals surface area (Å²) in [4.78, 5) is 35.4. The molecule has 4 N–H and O–H groups in total. The predicted molar refractivity (Wildman–Crippen MR) is 134 cm³/mol. The van der Waals surface area contributed by atoms with Crippen LogP contribution in [0.15, 0.2) is 48.5 Å². The number of primary amides is 1. The normalized spacial score (nSPS) is 17.9. The van der Waals surface area contributed by atoms with Gasteiger partial charge in [0.25, 0.3) is 5.91 Å². The lowest BCUT2D eigenvalue weighted by atomic mass is 10.0. The van der Waals surface area contributed by atoms with Crippen molar-refractivity contribution in [3.63, 3.8) is 0 Å². The number of benzene rings is 2. The van der Waals surface area contributed by atoms with E-state index in [1.54, 1.807) is 18.2 Å². The third kappa shape index (κ3) is 6.01. The number of nitrogens with two attached hydrogens (primary N) is 1. The number of ether oxygens (including phenoxy) is 2. The molecule has 1 aromatic heterocycles. The zero-order chi connectivity index (χ0) is 25.8. The van der Waals surface area contributed by atoms with Gasteiger partial charge >= 0.3 is 0 Å². The second kappa shape index (κ2) is 10.9. The van der Waals surface area contributed by atoms with Crippen LogP contribution in [-0.4, -0.2) is 65.6 Å². The summed E-state index contributed by atoms with van der Waals surface area (Å²) in [5.74, 6) is 0.523. The fourth-order valence-electron chi connectivity index (χ4n) is 4.30. The summed E-state index contributed by atoms with van der Waals surface area (Å²) in [7, 11) is 0. The first-order valence-electron chi connectivity index (χ1n) is 12.0. The number of hydrogen-bond donors (Lipinski definition) is 3. The molecule has 0 aliphatic carbocycles. The van der Waals surface area contributed by atoms with Gasteiger partial charge in [-0.25, -0.2) is 14.4 Å². The van der Waals surface area contributed by atoms with Gasteiger partial charge in [-0.1, -0.05) is 0 Å². The van der Waals surface area contributed by atoms with Gasteiger partial charge in [0.1, 0.15) is 34.9 Å². The highest BCUT2D eigenvalue weighted by molar-refractivity contribution is 5.92. The zero-order valence-corrected chi connectivity index (χ0v) is 20.1. The fraction of sp³-hybridized carbons (Fsp3) is 0.308. The first-order valence-corrected chi connectivity index (χ1v) is 12.0. The highest BCUT2D eigenvalue weighted by atomic mass is 19.1. The van der Waals surface area contributed by atoms with E-state index in [0.717, 1.165) is 18.7 Å². The highest BCUT2D eigenvalue weighted by Crippen LogP contribution is 2.30. The molecule has 11 heteroatoms. The number of morpholine rings is 1. The molecular formula is C26H27FN6O4. The van der Waals surface area contributed by atoms with Crippen LogP contribution in [-0.2, 0) is 16.1 Å². The second-order valence-electron chi connectivity index (χ2n) is 8.87. The minimum atomic E-state index is -0.700. The summed E-state index contributed by atoms with van der Waals surface area (Å²) in [5, 5.41) is 5.86. The van der Waals surface area contributed by atoms with Crippen molar-refractivity contribution in [3.8, 4) is 22.9 Å². The Hall–Kier alpha value is -4.09. The van der Waals surface area contributed by atoms with Crippen molar-refractivity contribution in [2.24, 2.45) is 5.73 Å². The van der Waals surface area contributed by atoms with E-state index >= 15 is 0 Å². The van der Waals surface area contributed by atoms with Crippen LogP contribution in [0.3, 0.4) is 0 Å². The monoisotopic (exact) mass is 506 g/mol. The Morgan fingerprint density at radius 2 is 1.89 bits per heavy atom. The van der Waals surface area contributed by atoms with E-state index in [1.807, 2.05) is 12.1 Å². The third-order valence-electron chi connectivity index (χ3n) is 6.21. The highest BCUT2D eigenvalue weighted by Gasteiger charge is 2.25. The maximum Gasteiger partial charge on any atom is 0.267 e. The third-order valence-corrected chi connectivity index (χ3v) is 6.21. The van der Waals surface area contributed by atoms with E-state index < -0.39 is 11.9 Å². The molecule has 2 saturated heterocycles. The molecule has 1 unspecified atom stereocenters. The number of nitrogens with zero attached hydrogens (tertiary/aromatic N) is 3. The quantitative estimate of drug-likeness (QED) is 0.424. The smallest absolute Gasteiger partial charge is 0.267 e. The van der Waals surface area contributed by atoms with Gasteiger partial charge in [-0.2, -0.15) is 0 Å². The average molecular weight is 507 g/mol. The minimum Gasteiger partial charge on any atom is -0.457 e. The van der Waals surface area contributed by atoms with Gasteiger partial charge in [0.15, 0.2) is 5.82 Å².